The Kier molecular flexibility index (Phi) is 4.76. The predicted octanol–water partition coefficient (Wildman–Crippen LogP) is 4.31. The molecule has 0 aromatic carbocycles. The van der Waals surface area contributed by atoms with Gasteiger partial charge in [0, 0.05) is 24.4 Å². The number of pyridine rings is 1. The number of ether oxygens (including phenoxy) is 1. The summed E-state index contributed by atoms with van der Waals surface area (Å²) in [5.74, 6) is 0.635. The summed E-state index contributed by atoms with van der Waals surface area (Å²) < 4.78 is 6.13. The van der Waals surface area contributed by atoms with E-state index in [9.17, 15) is 0 Å². The molecule has 1 aromatic rings. The molecule has 2 rings (SSSR count). The third kappa shape index (κ3) is 3.11. The van der Waals surface area contributed by atoms with Crippen molar-refractivity contribution < 1.29 is 4.74 Å². The molecule has 0 N–H and O–H groups in total. The monoisotopic (exact) mass is 247 g/mol. The van der Waals surface area contributed by atoms with Gasteiger partial charge >= 0.3 is 0 Å². The molecule has 100 valence electrons. The topological polar surface area (TPSA) is 22.1 Å². The lowest BCUT2D eigenvalue weighted by Gasteiger charge is -2.39. The zero-order chi connectivity index (χ0) is 12.8. The van der Waals surface area contributed by atoms with Gasteiger partial charge in [-0.05, 0) is 50.7 Å². The molecule has 0 saturated heterocycles. The van der Waals surface area contributed by atoms with Crippen LogP contribution in [0.3, 0.4) is 0 Å². The van der Waals surface area contributed by atoms with Crippen molar-refractivity contribution in [1.82, 2.24) is 4.98 Å². The Morgan fingerprint density at radius 3 is 2.61 bits per heavy atom. The molecular formula is C16H25NO. The molecule has 0 atom stereocenters. The zero-order valence-corrected chi connectivity index (χ0v) is 11.7. The van der Waals surface area contributed by atoms with Gasteiger partial charge in [0.2, 0.25) is 0 Å². The third-order valence-electron chi connectivity index (χ3n) is 4.26. The van der Waals surface area contributed by atoms with Crippen molar-refractivity contribution in [3.05, 3.63) is 30.1 Å². The molecule has 2 nitrogen and oxygen atoms in total. The van der Waals surface area contributed by atoms with Crippen LogP contribution in [0.5, 0.6) is 0 Å². The lowest BCUT2D eigenvalue weighted by Crippen LogP contribution is -2.36. The third-order valence-corrected chi connectivity index (χ3v) is 4.26. The molecule has 0 spiro atoms. The lowest BCUT2D eigenvalue weighted by atomic mass is 9.76. The fraction of sp³-hybridized carbons (Fsp3) is 0.688. The molecule has 1 fully saturated rings. The maximum absolute atomic E-state index is 6.13. The van der Waals surface area contributed by atoms with Crippen molar-refractivity contribution in [3.8, 4) is 0 Å². The average Bonchev–Trinajstić information content (AvgIpc) is 2.47. The van der Waals surface area contributed by atoms with Crippen molar-refractivity contribution >= 4 is 0 Å². The standard InChI is InChI=1S/C16H25NO/c1-3-13-18-16(4-2)10-8-14(9-11-16)15-7-5-6-12-17-15/h5-7,12,14H,3-4,8-11,13H2,1-2H3. The highest BCUT2D eigenvalue weighted by molar-refractivity contribution is 5.11. The van der Waals surface area contributed by atoms with Gasteiger partial charge in [0.05, 0.1) is 5.60 Å². The molecule has 0 radical (unpaired) electrons. The quantitative estimate of drug-likeness (QED) is 0.773. The van der Waals surface area contributed by atoms with Crippen LogP contribution in [0.4, 0.5) is 0 Å². The number of rotatable bonds is 5. The van der Waals surface area contributed by atoms with Crippen LogP contribution in [0.15, 0.2) is 24.4 Å². The SMILES string of the molecule is CCCOC1(CC)CCC(c2ccccn2)CC1. The van der Waals surface area contributed by atoms with Gasteiger partial charge in [-0.2, -0.15) is 0 Å². The molecule has 1 aliphatic rings. The second kappa shape index (κ2) is 6.33. The molecule has 0 amide bonds. The van der Waals surface area contributed by atoms with Gasteiger partial charge in [-0.3, -0.25) is 4.98 Å². The molecule has 1 aromatic heterocycles. The average molecular weight is 247 g/mol. The second-order valence-corrected chi connectivity index (χ2v) is 5.41. The van der Waals surface area contributed by atoms with E-state index in [0.29, 0.717) is 5.92 Å². The van der Waals surface area contributed by atoms with Crippen LogP contribution in [0.1, 0.15) is 64.0 Å². The fourth-order valence-electron chi connectivity index (χ4n) is 2.98. The van der Waals surface area contributed by atoms with Gasteiger partial charge in [-0.25, -0.2) is 0 Å². The van der Waals surface area contributed by atoms with Crippen molar-refractivity contribution in [2.24, 2.45) is 0 Å². The fourth-order valence-corrected chi connectivity index (χ4v) is 2.98. The van der Waals surface area contributed by atoms with Crippen molar-refractivity contribution in [2.45, 2.75) is 63.9 Å². The largest absolute Gasteiger partial charge is 0.375 e. The van der Waals surface area contributed by atoms with Gasteiger partial charge in [-0.1, -0.05) is 19.9 Å². The van der Waals surface area contributed by atoms with Gasteiger partial charge in [0.25, 0.3) is 0 Å². The molecular weight excluding hydrogens is 222 g/mol. The van der Waals surface area contributed by atoms with Gasteiger partial charge < -0.3 is 4.74 Å². The van der Waals surface area contributed by atoms with E-state index < -0.39 is 0 Å². The first kappa shape index (κ1) is 13.5. The van der Waals surface area contributed by atoms with Gasteiger partial charge in [-0.15, -0.1) is 0 Å². The van der Waals surface area contributed by atoms with E-state index in [0.717, 1.165) is 19.4 Å². The van der Waals surface area contributed by atoms with Crippen LogP contribution in [-0.4, -0.2) is 17.2 Å². The van der Waals surface area contributed by atoms with Crippen LogP contribution in [0.25, 0.3) is 0 Å². The minimum absolute atomic E-state index is 0.154. The first-order chi connectivity index (χ1) is 8.79. The molecule has 2 heteroatoms. The zero-order valence-electron chi connectivity index (χ0n) is 11.7. The molecule has 0 bridgehead atoms. The summed E-state index contributed by atoms with van der Waals surface area (Å²) >= 11 is 0. The minimum Gasteiger partial charge on any atom is -0.375 e. The van der Waals surface area contributed by atoms with Crippen LogP contribution in [-0.2, 0) is 4.74 Å². The van der Waals surface area contributed by atoms with E-state index in [1.54, 1.807) is 0 Å². The number of aromatic nitrogens is 1. The first-order valence-corrected chi connectivity index (χ1v) is 7.34. The summed E-state index contributed by atoms with van der Waals surface area (Å²) in [4.78, 5) is 4.50. The Morgan fingerprint density at radius 2 is 2.06 bits per heavy atom. The number of nitrogens with zero attached hydrogens (tertiary/aromatic N) is 1. The van der Waals surface area contributed by atoms with E-state index >= 15 is 0 Å². The summed E-state index contributed by atoms with van der Waals surface area (Å²) in [6, 6.07) is 6.25. The number of hydrogen-bond acceptors (Lipinski definition) is 2. The molecule has 18 heavy (non-hydrogen) atoms. The summed E-state index contributed by atoms with van der Waals surface area (Å²) in [6.45, 7) is 5.35. The Hall–Kier alpha value is -0.890. The smallest absolute Gasteiger partial charge is 0.0680 e. The first-order valence-electron chi connectivity index (χ1n) is 7.34. The molecule has 1 aliphatic carbocycles. The van der Waals surface area contributed by atoms with Gasteiger partial charge in [0.15, 0.2) is 0 Å². The highest BCUT2D eigenvalue weighted by atomic mass is 16.5. The highest BCUT2D eigenvalue weighted by Gasteiger charge is 2.35. The second-order valence-electron chi connectivity index (χ2n) is 5.41. The Bertz CT molecular complexity index is 341. The van der Waals surface area contributed by atoms with Crippen molar-refractivity contribution in [1.29, 1.82) is 0 Å². The molecule has 0 aliphatic heterocycles. The van der Waals surface area contributed by atoms with Crippen molar-refractivity contribution in [3.63, 3.8) is 0 Å². The summed E-state index contributed by atoms with van der Waals surface area (Å²) in [5, 5.41) is 0. The van der Waals surface area contributed by atoms with E-state index in [1.807, 2.05) is 12.3 Å². The Balaban J connectivity index is 1.94. The normalized spacial score (nSPS) is 28.2. The maximum atomic E-state index is 6.13. The highest BCUT2D eigenvalue weighted by Crippen LogP contribution is 2.41. The lowest BCUT2D eigenvalue weighted by molar-refractivity contribution is -0.0754. The van der Waals surface area contributed by atoms with Crippen LogP contribution >= 0.6 is 0 Å². The summed E-state index contributed by atoms with van der Waals surface area (Å²) in [7, 11) is 0. The molecule has 1 saturated carbocycles. The van der Waals surface area contributed by atoms with E-state index in [4.69, 9.17) is 4.74 Å². The Labute approximate surface area is 111 Å². The van der Waals surface area contributed by atoms with E-state index in [1.165, 1.54) is 31.4 Å². The van der Waals surface area contributed by atoms with Crippen LogP contribution in [0.2, 0.25) is 0 Å². The summed E-state index contributed by atoms with van der Waals surface area (Å²) in [6.07, 6.45) is 8.97. The molecule has 0 unspecified atom stereocenters. The van der Waals surface area contributed by atoms with E-state index in [2.05, 4.69) is 31.0 Å². The number of hydrogen-bond donors (Lipinski definition) is 0. The molecule has 1 heterocycles. The predicted molar refractivity (Wildman–Crippen MR) is 74.7 cm³/mol. The van der Waals surface area contributed by atoms with Gasteiger partial charge in [0.1, 0.15) is 0 Å². The van der Waals surface area contributed by atoms with Crippen molar-refractivity contribution in [2.75, 3.05) is 6.61 Å². The van der Waals surface area contributed by atoms with Crippen LogP contribution < -0.4 is 0 Å². The Morgan fingerprint density at radius 1 is 1.28 bits per heavy atom. The van der Waals surface area contributed by atoms with Crippen LogP contribution in [0, 0.1) is 0 Å². The summed E-state index contributed by atoms with van der Waals surface area (Å²) in [5.41, 5.74) is 1.42. The minimum atomic E-state index is 0.154. The van der Waals surface area contributed by atoms with E-state index in [-0.39, 0.29) is 5.60 Å². The maximum Gasteiger partial charge on any atom is 0.0680 e.